The zero-order valence-corrected chi connectivity index (χ0v) is 21.5. The van der Waals surface area contributed by atoms with E-state index in [1.54, 1.807) is 6.92 Å². The number of hydrogen-bond acceptors (Lipinski definition) is 5. The molecular formula is C26H32O4SSi. The van der Waals surface area contributed by atoms with Crippen LogP contribution in [0.5, 0.6) is 0 Å². The first-order chi connectivity index (χ1) is 15.0. The number of esters is 1. The lowest BCUT2D eigenvalue weighted by Crippen LogP contribution is -2.67. The maximum atomic E-state index is 12.8. The van der Waals surface area contributed by atoms with Crippen molar-refractivity contribution in [3.05, 3.63) is 72.3 Å². The van der Waals surface area contributed by atoms with Gasteiger partial charge in [-0.05, 0) is 34.8 Å². The maximum absolute atomic E-state index is 12.8. The van der Waals surface area contributed by atoms with E-state index >= 15 is 0 Å². The summed E-state index contributed by atoms with van der Waals surface area (Å²) in [5.74, 6) is -0.403. The van der Waals surface area contributed by atoms with Gasteiger partial charge in [-0.2, -0.15) is 0 Å². The number of hydrogen-bond donors (Lipinski definition) is 0. The molecule has 1 unspecified atom stereocenters. The molecule has 0 bridgehead atoms. The molecule has 0 N–H and O–H groups in total. The van der Waals surface area contributed by atoms with Gasteiger partial charge in [0.05, 0.1) is 6.61 Å². The van der Waals surface area contributed by atoms with Crippen LogP contribution in [-0.2, 0) is 18.8 Å². The van der Waals surface area contributed by atoms with Gasteiger partial charge < -0.3 is 9.16 Å². The standard InChI is InChI=1S/C26H32O4SSi/c1-19-17-26(6,31-20(2)27)24(28)30-23(19)18-29-32(25(3,4)5,21-13-9-7-10-14-21)22-15-11-8-12-16-22/h7-17,23H,18H2,1-6H3/t23-,26?/m0/s1. The minimum Gasteiger partial charge on any atom is -0.454 e. The maximum Gasteiger partial charge on any atom is 0.327 e. The second-order valence-electron chi connectivity index (χ2n) is 9.46. The Balaban J connectivity index is 2.00. The summed E-state index contributed by atoms with van der Waals surface area (Å²) in [4.78, 5) is 24.4. The Morgan fingerprint density at radius 1 is 1.06 bits per heavy atom. The summed E-state index contributed by atoms with van der Waals surface area (Å²) >= 11 is 0.991. The monoisotopic (exact) mass is 468 g/mol. The van der Waals surface area contributed by atoms with Crippen molar-refractivity contribution in [2.24, 2.45) is 0 Å². The van der Waals surface area contributed by atoms with Crippen LogP contribution < -0.4 is 10.4 Å². The van der Waals surface area contributed by atoms with Crippen molar-refractivity contribution in [2.45, 2.75) is 57.4 Å². The van der Waals surface area contributed by atoms with E-state index in [9.17, 15) is 9.59 Å². The van der Waals surface area contributed by atoms with Crippen LogP contribution >= 0.6 is 11.8 Å². The first-order valence-corrected chi connectivity index (χ1v) is 13.6. The predicted molar refractivity (Wildman–Crippen MR) is 134 cm³/mol. The molecule has 1 aliphatic heterocycles. The smallest absolute Gasteiger partial charge is 0.327 e. The Labute approximate surface area is 196 Å². The summed E-state index contributed by atoms with van der Waals surface area (Å²) < 4.78 is 11.7. The van der Waals surface area contributed by atoms with Crippen molar-refractivity contribution >= 4 is 41.5 Å². The number of rotatable bonds is 6. The van der Waals surface area contributed by atoms with Crippen LogP contribution in [0, 0.1) is 0 Å². The highest BCUT2D eigenvalue weighted by atomic mass is 32.2. The molecule has 0 saturated carbocycles. The van der Waals surface area contributed by atoms with Gasteiger partial charge in [0.15, 0.2) is 5.12 Å². The van der Waals surface area contributed by atoms with E-state index in [2.05, 4.69) is 45.0 Å². The number of benzene rings is 2. The van der Waals surface area contributed by atoms with Gasteiger partial charge in [0.2, 0.25) is 0 Å². The topological polar surface area (TPSA) is 52.6 Å². The van der Waals surface area contributed by atoms with Crippen LogP contribution in [0.2, 0.25) is 5.04 Å². The van der Waals surface area contributed by atoms with Crippen LogP contribution in [-0.4, -0.2) is 36.9 Å². The molecule has 0 radical (unpaired) electrons. The third-order valence-corrected chi connectivity index (χ3v) is 11.9. The van der Waals surface area contributed by atoms with Crippen molar-refractivity contribution in [3.8, 4) is 0 Å². The molecule has 2 aromatic carbocycles. The van der Waals surface area contributed by atoms with Crippen molar-refractivity contribution in [3.63, 3.8) is 0 Å². The highest BCUT2D eigenvalue weighted by molar-refractivity contribution is 8.15. The number of carbonyl (C=O) groups is 2. The van der Waals surface area contributed by atoms with Crippen LogP contribution in [0.1, 0.15) is 41.5 Å². The normalized spacial score (nSPS) is 21.6. The second-order valence-corrected chi connectivity index (χ2v) is 15.4. The number of ether oxygens (including phenoxy) is 1. The van der Waals surface area contributed by atoms with Gasteiger partial charge in [-0.15, -0.1) is 0 Å². The van der Waals surface area contributed by atoms with Gasteiger partial charge in [-0.25, -0.2) is 0 Å². The average Bonchev–Trinajstić information content (AvgIpc) is 2.72. The fraction of sp³-hybridized carbons (Fsp3) is 0.385. The van der Waals surface area contributed by atoms with Crippen LogP contribution in [0.3, 0.4) is 0 Å². The molecule has 2 aromatic rings. The highest BCUT2D eigenvalue weighted by Crippen LogP contribution is 2.39. The van der Waals surface area contributed by atoms with Gasteiger partial charge in [0.1, 0.15) is 10.9 Å². The third kappa shape index (κ3) is 4.77. The van der Waals surface area contributed by atoms with E-state index < -0.39 is 25.1 Å². The van der Waals surface area contributed by atoms with E-state index in [4.69, 9.17) is 9.16 Å². The van der Waals surface area contributed by atoms with Gasteiger partial charge in [-0.3, -0.25) is 9.59 Å². The molecule has 0 fully saturated rings. The highest BCUT2D eigenvalue weighted by Gasteiger charge is 2.51. The third-order valence-electron chi connectivity index (χ3n) is 5.89. The second kappa shape index (κ2) is 9.38. The summed E-state index contributed by atoms with van der Waals surface area (Å²) in [5, 5.41) is 2.08. The lowest BCUT2D eigenvalue weighted by Gasteiger charge is -2.44. The lowest BCUT2D eigenvalue weighted by molar-refractivity contribution is -0.151. The molecule has 4 nitrogen and oxygen atoms in total. The largest absolute Gasteiger partial charge is 0.454 e. The van der Waals surface area contributed by atoms with Gasteiger partial charge in [0, 0.05) is 6.92 Å². The van der Waals surface area contributed by atoms with E-state index in [0.29, 0.717) is 0 Å². The van der Waals surface area contributed by atoms with Crippen LogP contribution in [0.25, 0.3) is 0 Å². The van der Waals surface area contributed by atoms with Crippen LogP contribution in [0.4, 0.5) is 0 Å². The van der Waals surface area contributed by atoms with Gasteiger partial charge in [-0.1, -0.05) is 99.3 Å². The Morgan fingerprint density at radius 3 is 2.00 bits per heavy atom. The molecule has 170 valence electrons. The van der Waals surface area contributed by atoms with Crippen molar-refractivity contribution in [1.29, 1.82) is 0 Å². The lowest BCUT2D eigenvalue weighted by atomic mass is 10.0. The zero-order chi connectivity index (χ0) is 23.6. The summed E-state index contributed by atoms with van der Waals surface area (Å²) in [6.45, 7) is 12.0. The predicted octanol–water partition coefficient (Wildman–Crippen LogP) is 4.47. The number of thioether (sulfide) groups is 1. The Morgan fingerprint density at radius 2 is 1.56 bits per heavy atom. The fourth-order valence-electron chi connectivity index (χ4n) is 4.42. The summed E-state index contributed by atoms with van der Waals surface area (Å²) in [6, 6.07) is 20.8. The fourth-order valence-corrected chi connectivity index (χ4v) is 9.95. The molecule has 0 aromatic heterocycles. The van der Waals surface area contributed by atoms with E-state index in [-0.39, 0.29) is 16.8 Å². The average molecular weight is 469 g/mol. The zero-order valence-electron chi connectivity index (χ0n) is 19.7. The molecule has 1 aliphatic rings. The molecule has 2 atom stereocenters. The first kappa shape index (κ1) is 24.5. The van der Waals surface area contributed by atoms with Crippen LogP contribution in [0.15, 0.2) is 72.3 Å². The molecule has 3 rings (SSSR count). The molecule has 0 amide bonds. The Hall–Kier alpha value is -2.15. The molecule has 6 heteroatoms. The minimum atomic E-state index is -2.72. The Kier molecular flexibility index (Phi) is 7.17. The van der Waals surface area contributed by atoms with Gasteiger partial charge in [0.25, 0.3) is 8.32 Å². The molecule has 1 heterocycles. The molecule has 0 saturated heterocycles. The molecular weight excluding hydrogens is 436 g/mol. The summed E-state index contributed by atoms with van der Waals surface area (Å²) in [6.07, 6.45) is 1.37. The van der Waals surface area contributed by atoms with E-state index in [1.165, 1.54) is 17.3 Å². The number of cyclic esters (lactones) is 1. The molecule has 32 heavy (non-hydrogen) atoms. The number of carbonyl (C=O) groups excluding carboxylic acids is 2. The molecule has 0 aliphatic carbocycles. The van der Waals surface area contributed by atoms with Crippen molar-refractivity contribution in [1.82, 2.24) is 0 Å². The minimum absolute atomic E-state index is 0.115. The van der Waals surface area contributed by atoms with Gasteiger partial charge >= 0.3 is 5.97 Å². The van der Waals surface area contributed by atoms with Crippen molar-refractivity contribution < 1.29 is 18.8 Å². The van der Waals surface area contributed by atoms with Crippen molar-refractivity contribution in [2.75, 3.05) is 6.61 Å². The quantitative estimate of drug-likeness (QED) is 0.356. The summed E-state index contributed by atoms with van der Waals surface area (Å²) in [7, 11) is -2.72. The SMILES string of the molecule is CC(=O)SC1(C)C=C(C)[C@H](CO[Si](c2ccccc2)(c2ccccc2)C(C)(C)C)OC1=O. The summed E-state index contributed by atoms with van der Waals surface area (Å²) in [5.41, 5.74) is 0.902. The van der Waals surface area contributed by atoms with E-state index in [0.717, 1.165) is 17.3 Å². The molecule has 0 spiro atoms. The first-order valence-electron chi connectivity index (χ1n) is 10.8. The Bertz CT molecular complexity index is 958. The van der Waals surface area contributed by atoms with E-state index in [1.807, 2.05) is 49.4 Å².